The summed E-state index contributed by atoms with van der Waals surface area (Å²) < 4.78 is 5.45. The normalized spacial score (nSPS) is 19.4. The average Bonchev–Trinajstić information content (AvgIpc) is 2.39. The maximum absolute atomic E-state index is 5.45. The maximum atomic E-state index is 5.45. The van der Waals surface area contributed by atoms with Crippen LogP contribution in [0.2, 0.25) is 0 Å². The van der Waals surface area contributed by atoms with Gasteiger partial charge in [0.05, 0.1) is 19.3 Å². The smallest absolute Gasteiger partial charge is 0.232 e. The van der Waals surface area contributed by atoms with Gasteiger partial charge in [-0.05, 0) is 13.8 Å². The highest BCUT2D eigenvalue weighted by Gasteiger charge is 2.23. The Labute approximate surface area is 114 Å². The molecule has 0 saturated carbocycles. The Bertz CT molecular complexity index is 425. The van der Waals surface area contributed by atoms with Gasteiger partial charge in [0.15, 0.2) is 0 Å². The molecule has 7 nitrogen and oxygen atoms in total. The summed E-state index contributed by atoms with van der Waals surface area (Å²) in [5, 5.41) is 3.15. The molecular formula is C12H22N6O. The van der Waals surface area contributed by atoms with Crippen molar-refractivity contribution in [1.29, 1.82) is 0 Å². The topological polar surface area (TPSA) is 66.4 Å². The zero-order valence-electron chi connectivity index (χ0n) is 12.1. The maximum Gasteiger partial charge on any atom is 0.232 e. The average molecular weight is 266 g/mol. The lowest BCUT2D eigenvalue weighted by atomic mass is 10.3. The van der Waals surface area contributed by atoms with Crippen LogP contribution in [0.15, 0.2) is 0 Å². The minimum atomic E-state index is 0.278. The first-order valence-corrected chi connectivity index (χ1v) is 6.63. The fraction of sp³-hybridized carbons (Fsp3) is 0.750. The number of hydrogen-bond donors (Lipinski definition) is 1. The first-order chi connectivity index (χ1) is 9.11. The zero-order chi connectivity index (χ0) is 13.8. The largest absolute Gasteiger partial charge is 0.377 e. The molecule has 0 aliphatic carbocycles. The second-order valence-electron chi connectivity index (χ2n) is 4.80. The van der Waals surface area contributed by atoms with Gasteiger partial charge < -0.3 is 19.9 Å². The van der Waals surface area contributed by atoms with E-state index in [4.69, 9.17) is 4.74 Å². The number of nitrogens with zero attached hydrogens (tertiary/aromatic N) is 5. The molecule has 19 heavy (non-hydrogen) atoms. The molecule has 106 valence electrons. The summed E-state index contributed by atoms with van der Waals surface area (Å²) >= 11 is 0. The Morgan fingerprint density at radius 1 is 1.37 bits per heavy atom. The van der Waals surface area contributed by atoms with E-state index in [0.717, 1.165) is 13.1 Å². The molecular weight excluding hydrogens is 244 g/mol. The van der Waals surface area contributed by atoms with Crippen molar-refractivity contribution in [2.45, 2.75) is 19.9 Å². The highest BCUT2D eigenvalue weighted by Crippen LogP contribution is 2.19. The van der Waals surface area contributed by atoms with Crippen LogP contribution in [-0.2, 0) is 4.74 Å². The van der Waals surface area contributed by atoms with Gasteiger partial charge >= 0.3 is 0 Å². The number of nitrogens with one attached hydrogen (secondary N) is 1. The van der Waals surface area contributed by atoms with E-state index in [1.807, 2.05) is 25.9 Å². The fourth-order valence-electron chi connectivity index (χ4n) is 1.94. The standard InChI is InChI=1S/C12H22N6O/c1-5-13-10-14-11(17(3)4)16-12(15-10)18-6-7-19-8-9(18)2/h9H,5-8H2,1-4H3,(H,13,14,15,16). The molecule has 0 radical (unpaired) electrons. The number of ether oxygens (including phenoxy) is 1. The molecule has 1 unspecified atom stereocenters. The first-order valence-electron chi connectivity index (χ1n) is 6.63. The van der Waals surface area contributed by atoms with Crippen LogP contribution in [0, 0.1) is 0 Å². The van der Waals surface area contributed by atoms with Crippen LogP contribution < -0.4 is 15.1 Å². The number of morpholine rings is 1. The van der Waals surface area contributed by atoms with Crippen molar-refractivity contribution in [1.82, 2.24) is 15.0 Å². The van der Waals surface area contributed by atoms with E-state index < -0.39 is 0 Å². The summed E-state index contributed by atoms with van der Waals surface area (Å²) in [4.78, 5) is 17.4. The molecule has 1 N–H and O–H groups in total. The Morgan fingerprint density at radius 3 is 2.79 bits per heavy atom. The predicted molar refractivity (Wildman–Crippen MR) is 75.9 cm³/mol. The molecule has 1 aromatic heterocycles. The molecule has 7 heteroatoms. The molecule has 2 heterocycles. The molecule has 1 atom stereocenters. The van der Waals surface area contributed by atoms with Crippen LogP contribution >= 0.6 is 0 Å². The van der Waals surface area contributed by atoms with Crippen LogP contribution in [0.1, 0.15) is 13.8 Å². The lowest BCUT2D eigenvalue weighted by Gasteiger charge is -2.33. The second kappa shape index (κ2) is 6.01. The van der Waals surface area contributed by atoms with E-state index in [0.29, 0.717) is 31.1 Å². The molecule has 2 rings (SSSR count). The summed E-state index contributed by atoms with van der Waals surface area (Å²) in [6, 6.07) is 0.278. The third-order valence-electron chi connectivity index (χ3n) is 2.97. The van der Waals surface area contributed by atoms with Crippen LogP contribution in [0.25, 0.3) is 0 Å². The molecule has 0 spiro atoms. The van der Waals surface area contributed by atoms with Crippen LogP contribution in [-0.4, -0.2) is 61.4 Å². The van der Waals surface area contributed by atoms with Gasteiger partial charge in [0.1, 0.15) is 0 Å². The van der Waals surface area contributed by atoms with Gasteiger partial charge in [-0.1, -0.05) is 0 Å². The van der Waals surface area contributed by atoms with E-state index in [2.05, 4.69) is 32.1 Å². The van der Waals surface area contributed by atoms with E-state index in [-0.39, 0.29) is 6.04 Å². The molecule has 1 fully saturated rings. The Morgan fingerprint density at radius 2 is 2.16 bits per heavy atom. The van der Waals surface area contributed by atoms with E-state index >= 15 is 0 Å². The van der Waals surface area contributed by atoms with E-state index in [1.165, 1.54) is 0 Å². The van der Waals surface area contributed by atoms with Gasteiger partial charge in [-0.25, -0.2) is 0 Å². The minimum Gasteiger partial charge on any atom is -0.377 e. The van der Waals surface area contributed by atoms with Gasteiger partial charge in [0.2, 0.25) is 17.8 Å². The quantitative estimate of drug-likeness (QED) is 0.855. The molecule has 1 aliphatic rings. The lowest BCUT2D eigenvalue weighted by Crippen LogP contribution is -2.44. The van der Waals surface area contributed by atoms with Crippen molar-refractivity contribution in [3.63, 3.8) is 0 Å². The highest BCUT2D eigenvalue weighted by molar-refractivity contribution is 5.45. The van der Waals surface area contributed by atoms with Crippen molar-refractivity contribution in [3.05, 3.63) is 0 Å². The summed E-state index contributed by atoms with van der Waals surface area (Å²) in [5.41, 5.74) is 0. The minimum absolute atomic E-state index is 0.278. The lowest BCUT2D eigenvalue weighted by molar-refractivity contribution is 0.0981. The number of aromatic nitrogens is 3. The molecule has 0 bridgehead atoms. The van der Waals surface area contributed by atoms with Crippen molar-refractivity contribution >= 4 is 17.8 Å². The van der Waals surface area contributed by atoms with Gasteiger partial charge in [0, 0.05) is 27.2 Å². The summed E-state index contributed by atoms with van der Waals surface area (Å²) in [6.45, 7) is 7.16. The van der Waals surface area contributed by atoms with E-state index in [9.17, 15) is 0 Å². The van der Waals surface area contributed by atoms with Crippen LogP contribution in [0.5, 0.6) is 0 Å². The van der Waals surface area contributed by atoms with Crippen molar-refractivity contribution in [2.75, 3.05) is 55.5 Å². The van der Waals surface area contributed by atoms with Crippen LogP contribution in [0.3, 0.4) is 0 Å². The summed E-state index contributed by atoms with van der Waals surface area (Å²) in [6.07, 6.45) is 0. The van der Waals surface area contributed by atoms with Crippen molar-refractivity contribution < 1.29 is 4.74 Å². The van der Waals surface area contributed by atoms with E-state index in [1.54, 1.807) is 0 Å². The second-order valence-corrected chi connectivity index (χ2v) is 4.80. The molecule has 1 aliphatic heterocycles. The number of hydrogen-bond acceptors (Lipinski definition) is 7. The van der Waals surface area contributed by atoms with Crippen molar-refractivity contribution in [2.24, 2.45) is 0 Å². The third kappa shape index (κ3) is 3.23. The van der Waals surface area contributed by atoms with Gasteiger partial charge in [0.25, 0.3) is 0 Å². The third-order valence-corrected chi connectivity index (χ3v) is 2.97. The number of anilines is 3. The summed E-state index contributed by atoms with van der Waals surface area (Å²) in [7, 11) is 3.86. The summed E-state index contributed by atoms with van der Waals surface area (Å²) in [5.74, 6) is 2.00. The van der Waals surface area contributed by atoms with Crippen molar-refractivity contribution in [3.8, 4) is 0 Å². The molecule has 1 saturated heterocycles. The highest BCUT2D eigenvalue weighted by atomic mass is 16.5. The zero-order valence-corrected chi connectivity index (χ0v) is 12.1. The molecule has 0 aromatic carbocycles. The SMILES string of the molecule is CCNc1nc(N(C)C)nc(N2CCOCC2C)n1. The van der Waals surface area contributed by atoms with Crippen LogP contribution in [0.4, 0.5) is 17.8 Å². The first kappa shape index (κ1) is 13.8. The fourth-order valence-corrected chi connectivity index (χ4v) is 1.94. The molecule has 0 amide bonds. The Hall–Kier alpha value is -1.63. The van der Waals surface area contributed by atoms with Gasteiger partial charge in [-0.2, -0.15) is 15.0 Å². The number of rotatable bonds is 4. The van der Waals surface area contributed by atoms with Gasteiger partial charge in [-0.3, -0.25) is 0 Å². The Kier molecular flexibility index (Phi) is 4.36. The molecule has 1 aromatic rings. The Balaban J connectivity index is 2.31. The van der Waals surface area contributed by atoms with Gasteiger partial charge in [-0.15, -0.1) is 0 Å². The predicted octanol–water partition coefficient (Wildman–Crippen LogP) is 0.595. The monoisotopic (exact) mass is 266 g/mol.